The highest BCUT2D eigenvalue weighted by Crippen LogP contribution is 2.28. The third kappa shape index (κ3) is 4.00. The molecule has 148 valence electrons. The number of imidazole rings is 1. The summed E-state index contributed by atoms with van der Waals surface area (Å²) in [6.45, 7) is 9.46. The van der Waals surface area contributed by atoms with Gasteiger partial charge in [0.25, 0.3) is 0 Å². The predicted octanol–water partition coefficient (Wildman–Crippen LogP) is 2.35. The minimum Gasteiger partial charge on any atom is -0.382 e. The molecule has 2 aromatic rings. The largest absolute Gasteiger partial charge is 0.382 e. The van der Waals surface area contributed by atoms with Crippen LogP contribution in [0.15, 0.2) is 0 Å². The second-order valence-electron chi connectivity index (χ2n) is 7.28. The van der Waals surface area contributed by atoms with Gasteiger partial charge in [-0.25, -0.2) is 14.8 Å². The summed E-state index contributed by atoms with van der Waals surface area (Å²) in [6.07, 6.45) is 2.99. The van der Waals surface area contributed by atoms with Crippen LogP contribution >= 0.6 is 0 Å². The molecule has 0 aliphatic carbocycles. The molecule has 0 spiro atoms. The molecule has 2 aromatic heterocycles. The number of anilines is 1. The van der Waals surface area contributed by atoms with Crippen molar-refractivity contribution >= 4 is 22.9 Å². The Balaban J connectivity index is 1.83. The number of nitrogens with zero attached hydrogens (tertiary/aromatic N) is 4. The normalized spacial score (nSPS) is 15.6. The SMILES string of the molecule is CCOCc1nc2c(N)nc(C)c(C)c2n1CCC1CCN(C(N)=O)CC1. The number of fused-ring (bicyclic) bond motifs is 1. The van der Waals surface area contributed by atoms with E-state index in [4.69, 9.17) is 21.2 Å². The van der Waals surface area contributed by atoms with Crippen molar-refractivity contribution in [2.45, 2.75) is 53.2 Å². The van der Waals surface area contributed by atoms with Gasteiger partial charge in [0.05, 0.1) is 5.52 Å². The quantitative estimate of drug-likeness (QED) is 0.806. The molecule has 1 aliphatic heterocycles. The molecule has 1 saturated heterocycles. The highest BCUT2D eigenvalue weighted by molar-refractivity contribution is 5.88. The molecule has 27 heavy (non-hydrogen) atoms. The lowest BCUT2D eigenvalue weighted by Gasteiger charge is -2.31. The number of urea groups is 1. The number of carbonyl (C=O) groups excluding carboxylic acids is 1. The zero-order valence-electron chi connectivity index (χ0n) is 16.5. The van der Waals surface area contributed by atoms with Crippen LogP contribution in [0.5, 0.6) is 0 Å². The van der Waals surface area contributed by atoms with Crippen molar-refractivity contribution in [1.29, 1.82) is 0 Å². The number of carbonyl (C=O) groups is 1. The smallest absolute Gasteiger partial charge is 0.314 e. The van der Waals surface area contributed by atoms with Crippen LogP contribution in [-0.4, -0.2) is 45.2 Å². The first-order valence-corrected chi connectivity index (χ1v) is 9.66. The third-order valence-corrected chi connectivity index (χ3v) is 5.60. The van der Waals surface area contributed by atoms with Crippen molar-refractivity contribution in [3.63, 3.8) is 0 Å². The molecule has 1 aliphatic rings. The number of likely N-dealkylation sites (tertiary alicyclic amines) is 1. The summed E-state index contributed by atoms with van der Waals surface area (Å²) in [5.41, 5.74) is 15.4. The fourth-order valence-corrected chi connectivity index (χ4v) is 3.84. The lowest BCUT2D eigenvalue weighted by atomic mass is 9.93. The Morgan fingerprint density at radius 1 is 1.26 bits per heavy atom. The number of rotatable bonds is 6. The van der Waals surface area contributed by atoms with Gasteiger partial charge in [-0.2, -0.15) is 0 Å². The van der Waals surface area contributed by atoms with Crippen LogP contribution in [-0.2, 0) is 17.9 Å². The van der Waals surface area contributed by atoms with Gasteiger partial charge in [-0.05, 0) is 51.5 Å². The summed E-state index contributed by atoms with van der Waals surface area (Å²) in [6, 6.07) is -0.317. The average molecular weight is 374 g/mol. The first-order valence-electron chi connectivity index (χ1n) is 9.66. The Kier molecular flexibility index (Phi) is 5.84. The van der Waals surface area contributed by atoms with Gasteiger partial charge in [0.1, 0.15) is 17.9 Å². The van der Waals surface area contributed by atoms with E-state index in [1.807, 2.05) is 13.8 Å². The van der Waals surface area contributed by atoms with Gasteiger partial charge in [-0.3, -0.25) is 0 Å². The minimum absolute atomic E-state index is 0.317. The first kappa shape index (κ1) is 19.4. The number of aryl methyl sites for hydroxylation is 3. The molecule has 0 saturated carbocycles. The van der Waals surface area contributed by atoms with Crippen LogP contribution in [0.4, 0.5) is 10.6 Å². The highest BCUT2D eigenvalue weighted by atomic mass is 16.5. The van der Waals surface area contributed by atoms with Crippen LogP contribution in [0, 0.1) is 19.8 Å². The minimum atomic E-state index is -0.317. The van der Waals surface area contributed by atoms with Gasteiger partial charge in [0.2, 0.25) is 0 Å². The number of pyridine rings is 1. The van der Waals surface area contributed by atoms with Gasteiger partial charge < -0.3 is 25.7 Å². The molecule has 0 radical (unpaired) electrons. The molecule has 0 aromatic carbocycles. The molecule has 1 fully saturated rings. The Bertz CT molecular complexity index is 823. The Labute approximate surface area is 159 Å². The van der Waals surface area contributed by atoms with Crippen molar-refractivity contribution in [2.24, 2.45) is 11.7 Å². The molecule has 8 heteroatoms. The van der Waals surface area contributed by atoms with Gasteiger partial charge in [-0.15, -0.1) is 0 Å². The summed E-state index contributed by atoms with van der Waals surface area (Å²) in [7, 11) is 0. The molecule has 8 nitrogen and oxygen atoms in total. The van der Waals surface area contributed by atoms with Crippen molar-refractivity contribution in [2.75, 3.05) is 25.4 Å². The van der Waals surface area contributed by atoms with Crippen molar-refractivity contribution < 1.29 is 9.53 Å². The number of nitrogens with two attached hydrogens (primary N) is 2. The van der Waals surface area contributed by atoms with E-state index in [2.05, 4.69) is 16.5 Å². The zero-order valence-corrected chi connectivity index (χ0v) is 16.5. The lowest BCUT2D eigenvalue weighted by Crippen LogP contribution is -2.41. The number of primary amides is 1. The summed E-state index contributed by atoms with van der Waals surface area (Å²) >= 11 is 0. The zero-order chi connectivity index (χ0) is 19.6. The second-order valence-corrected chi connectivity index (χ2v) is 7.28. The molecule has 4 N–H and O–H groups in total. The van der Waals surface area contributed by atoms with Crippen LogP contribution < -0.4 is 11.5 Å². The number of hydrogen-bond acceptors (Lipinski definition) is 5. The molecular formula is C19H30N6O2. The van der Waals surface area contributed by atoms with Crippen LogP contribution in [0.25, 0.3) is 11.0 Å². The van der Waals surface area contributed by atoms with E-state index >= 15 is 0 Å². The van der Waals surface area contributed by atoms with E-state index in [9.17, 15) is 4.79 Å². The molecule has 0 unspecified atom stereocenters. The van der Waals surface area contributed by atoms with Crippen LogP contribution in [0.3, 0.4) is 0 Å². The monoisotopic (exact) mass is 374 g/mol. The fraction of sp³-hybridized carbons (Fsp3) is 0.632. The Morgan fingerprint density at radius 3 is 2.59 bits per heavy atom. The summed E-state index contributed by atoms with van der Waals surface area (Å²) in [5, 5.41) is 0. The van der Waals surface area contributed by atoms with Crippen molar-refractivity contribution in [1.82, 2.24) is 19.4 Å². The molecule has 0 atom stereocenters. The fourth-order valence-electron chi connectivity index (χ4n) is 3.84. The van der Waals surface area contributed by atoms with Gasteiger partial charge in [-0.1, -0.05) is 0 Å². The number of aromatic nitrogens is 3. The molecular weight excluding hydrogens is 344 g/mol. The average Bonchev–Trinajstić information content (AvgIpc) is 3.02. The van der Waals surface area contributed by atoms with E-state index in [1.165, 1.54) is 0 Å². The maximum Gasteiger partial charge on any atom is 0.314 e. The number of hydrogen-bond donors (Lipinski definition) is 2. The maximum atomic E-state index is 11.3. The van der Waals surface area contributed by atoms with Gasteiger partial charge >= 0.3 is 6.03 Å². The Morgan fingerprint density at radius 2 is 1.96 bits per heavy atom. The number of amides is 2. The van der Waals surface area contributed by atoms with E-state index < -0.39 is 0 Å². The molecule has 0 bridgehead atoms. The number of ether oxygens (including phenoxy) is 1. The number of nitrogen functional groups attached to an aromatic ring is 1. The van der Waals surface area contributed by atoms with Crippen LogP contribution in [0.2, 0.25) is 0 Å². The lowest BCUT2D eigenvalue weighted by molar-refractivity contribution is 0.125. The summed E-state index contributed by atoms with van der Waals surface area (Å²) in [5.74, 6) is 1.93. The first-order chi connectivity index (χ1) is 12.9. The van der Waals surface area contributed by atoms with E-state index in [-0.39, 0.29) is 6.03 Å². The van der Waals surface area contributed by atoms with E-state index in [0.29, 0.717) is 24.9 Å². The van der Waals surface area contributed by atoms with Gasteiger partial charge in [0.15, 0.2) is 5.82 Å². The van der Waals surface area contributed by atoms with E-state index in [1.54, 1.807) is 4.90 Å². The van der Waals surface area contributed by atoms with Crippen molar-refractivity contribution in [3.8, 4) is 0 Å². The predicted molar refractivity (Wildman–Crippen MR) is 105 cm³/mol. The molecule has 3 rings (SSSR count). The third-order valence-electron chi connectivity index (χ3n) is 5.60. The molecule has 3 heterocycles. The topological polar surface area (TPSA) is 112 Å². The van der Waals surface area contributed by atoms with E-state index in [0.717, 1.165) is 67.0 Å². The standard InChI is InChI=1S/C19H30N6O2/c1-4-27-11-15-23-16-17(12(2)13(3)22-18(16)20)25(15)10-7-14-5-8-24(9-6-14)19(21)26/h14H,4-11H2,1-3H3,(H2,20,22)(H2,21,26). The summed E-state index contributed by atoms with van der Waals surface area (Å²) in [4.78, 5) is 22.2. The summed E-state index contributed by atoms with van der Waals surface area (Å²) < 4.78 is 7.87. The highest BCUT2D eigenvalue weighted by Gasteiger charge is 2.23. The van der Waals surface area contributed by atoms with Crippen molar-refractivity contribution in [3.05, 3.63) is 17.1 Å². The second kappa shape index (κ2) is 8.12. The Hall–Kier alpha value is -2.35. The maximum absolute atomic E-state index is 11.3. The van der Waals surface area contributed by atoms with Crippen LogP contribution in [0.1, 0.15) is 43.3 Å². The van der Waals surface area contributed by atoms with Gasteiger partial charge in [0, 0.05) is 31.9 Å². The number of piperidine rings is 1. The molecule has 2 amide bonds.